The maximum absolute atomic E-state index is 14.6. The molecule has 1 aliphatic heterocycles. The molecule has 208 valence electrons. The number of aliphatic hydroxyl groups is 2. The van der Waals surface area contributed by atoms with Crippen LogP contribution in [-0.4, -0.2) is 82.0 Å². The third-order valence-corrected chi connectivity index (χ3v) is 7.39. The Morgan fingerprint density at radius 2 is 2.03 bits per heavy atom. The number of nitrogens with one attached hydrogen (secondary N) is 2. The Morgan fingerprint density at radius 1 is 1.26 bits per heavy atom. The van der Waals surface area contributed by atoms with E-state index >= 15 is 0 Å². The molecule has 1 aliphatic carbocycles. The molecule has 2 aliphatic rings. The molecule has 2 aromatic heterocycles. The average molecular weight is 541 g/mol. The van der Waals surface area contributed by atoms with Crippen LogP contribution in [0.2, 0.25) is 0 Å². The fraction of sp³-hybridized carbons (Fsp3) is 0.464. The quantitative estimate of drug-likeness (QED) is 0.345. The molecule has 0 bridgehead atoms. The zero-order valence-corrected chi connectivity index (χ0v) is 22.2. The zero-order valence-electron chi connectivity index (χ0n) is 22.2. The number of hydrogen-bond donors (Lipinski definition) is 4. The monoisotopic (exact) mass is 540 g/mol. The first-order chi connectivity index (χ1) is 18.7. The third kappa shape index (κ3) is 5.41. The van der Waals surface area contributed by atoms with Crippen LogP contribution in [0, 0.1) is 18.7 Å². The van der Waals surface area contributed by atoms with Crippen molar-refractivity contribution in [1.82, 2.24) is 20.2 Å². The molecule has 4 N–H and O–H groups in total. The summed E-state index contributed by atoms with van der Waals surface area (Å²) in [6.07, 6.45) is 1.95. The second-order valence-corrected chi connectivity index (χ2v) is 10.3. The van der Waals surface area contributed by atoms with Crippen LogP contribution in [0.15, 0.2) is 24.4 Å². The molecule has 10 nitrogen and oxygen atoms in total. The SMILES string of the molecule is COc1cc(-c2ccnc3c(C(=O)N[C@@H]4CCN(C(=O)[C@H](C)O)C[C@H]4O)c(C)[nH]c23)c(OCC2CC2)cc1F. The van der Waals surface area contributed by atoms with Crippen molar-refractivity contribution in [2.45, 2.75) is 51.4 Å². The Bertz CT molecular complexity index is 1400. The molecular weight excluding hydrogens is 507 g/mol. The lowest BCUT2D eigenvalue weighted by molar-refractivity contribution is -0.142. The molecule has 2 amide bonds. The van der Waals surface area contributed by atoms with Crippen molar-refractivity contribution < 1.29 is 33.7 Å². The molecule has 3 heterocycles. The standard InChI is InChI=1S/C28H33FN4O6/c1-14-24(27(36)32-20-7-9-33(12-21(20)35)28(37)15(2)34)26-25(31-14)17(6-8-30-26)18-10-23(38-3)19(29)11-22(18)39-13-16-4-5-16/h6,8,10-11,15-16,20-21,31,34-35H,4-5,7,9,12-13H2,1-3H3,(H,32,36)/t15-,20+,21+/m0/s1. The van der Waals surface area contributed by atoms with Gasteiger partial charge in [-0.3, -0.25) is 14.6 Å². The van der Waals surface area contributed by atoms with E-state index in [-0.39, 0.29) is 12.3 Å². The lowest BCUT2D eigenvalue weighted by Gasteiger charge is -2.36. The van der Waals surface area contributed by atoms with Crippen LogP contribution < -0.4 is 14.8 Å². The number of fused-ring (bicyclic) bond motifs is 1. The highest BCUT2D eigenvalue weighted by Crippen LogP contribution is 2.40. The van der Waals surface area contributed by atoms with Gasteiger partial charge in [0.05, 0.1) is 36.9 Å². The third-order valence-electron chi connectivity index (χ3n) is 7.39. The maximum Gasteiger partial charge on any atom is 0.255 e. The van der Waals surface area contributed by atoms with Crippen molar-refractivity contribution in [2.75, 3.05) is 26.8 Å². The molecule has 39 heavy (non-hydrogen) atoms. The van der Waals surface area contributed by atoms with Crippen molar-refractivity contribution in [1.29, 1.82) is 0 Å². The fourth-order valence-corrected chi connectivity index (χ4v) is 5.03. The van der Waals surface area contributed by atoms with Crippen LogP contribution in [-0.2, 0) is 4.79 Å². The number of rotatable bonds is 8. The number of aromatic nitrogens is 2. The summed E-state index contributed by atoms with van der Waals surface area (Å²) < 4.78 is 25.8. The number of pyridine rings is 1. The van der Waals surface area contributed by atoms with Crippen molar-refractivity contribution in [3.63, 3.8) is 0 Å². The minimum Gasteiger partial charge on any atom is -0.494 e. The van der Waals surface area contributed by atoms with Gasteiger partial charge >= 0.3 is 0 Å². The minimum absolute atomic E-state index is 0.0139. The number of piperidine rings is 1. The van der Waals surface area contributed by atoms with Gasteiger partial charge in [-0.15, -0.1) is 0 Å². The Labute approximate surface area is 225 Å². The summed E-state index contributed by atoms with van der Waals surface area (Å²) in [5, 5.41) is 23.1. The van der Waals surface area contributed by atoms with E-state index < -0.39 is 35.9 Å². The summed E-state index contributed by atoms with van der Waals surface area (Å²) in [5.41, 5.74) is 3.21. The molecule has 0 radical (unpaired) electrons. The van der Waals surface area contributed by atoms with Gasteiger partial charge in [0.25, 0.3) is 11.8 Å². The minimum atomic E-state index is -1.15. The number of hydrogen-bond acceptors (Lipinski definition) is 7. The Kier molecular flexibility index (Phi) is 7.46. The maximum atomic E-state index is 14.6. The number of H-pyrrole nitrogens is 1. The van der Waals surface area contributed by atoms with Crippen LogP contribution in [0.5, 0.6) is 11.5 Å². The molecule has 1 saturated carbocycles. The largest absolute Gasteiger partial charge is 0.494 e. The van der Waals surface area contributed by atoms with Gasteiger partial charge in [-0.05, 0) is 51.2 Å². The highest BCUT2D eigenvalue weighted by atomic mass is 19.1. The summed E-state index contributed by atoms with van der Waals surface area (Å²) >= 11 is 0. The van der Waals surface area contributed by atoms with E-state index in [1.165, 1.54) is 25.0 Å². The van der Waals surface area contributed by atoms with Gasteiger partial charge in [0.15, 0.2) is 11.6 Å². The molecule has 11 heteroatoms. The number of amides is 2. The molecule has 1 saturated heterocycles. The number of nitrogens with zero attached hydrogens (tertiary/aromatic N) is 2. The predicted octanol–water partition coefficient (Wildman–Crippen LogP) is 2.55. The van der Waals surface area contributed by atoms with Gasteiger partial charge in [-0.25, -0.2) is 4.39 Å². The Hall–Kier alpha value is -3.70. The second-order valence-electron chi connectivity index (χ2n) is 10.3. The van der Waals surface area contributed by atoms with Crippen LogP contribution in [0.25, 0.3) is 22.2 Å². The normalized spacial score (nSPS) is 20.1. The van der Waals surface area contributed by atoms with E-state index in [1.807, 2.05) is 0 Å². The summed E-state index contributed by atoms with van der Waals surface area (Å²) in [6.45, 7) is 3.95. The average Bonchev–Trinajstić information content (AvgIpc) is 3.67. The Balaban J connectivity index is 1.44. The summed E-state index contributed by atoms with van der Waals surface area (Å²) in [7, 11) is 1.40. The number of halogens is 1. The molecular formula is C28H33FN4O6. The Morgan fingerprint density at radius 3 is 2.69 bits per heavy atom. The van der Waals surface area contributed by atoms with E-state index in [0.717, 1.165) is 12.8 Å². The number of benzene rings is 1. The van der Waals surface area contributed by atoms with E-state index in [0.29, 0.717) is 64.7 Å². The second kappa shape index (κ2) is 10.8. The van der Waals surface area contributed by atoms with Crippen molar-refractivity contribution >= 4 is 22.8 Å². The number of ether oxygens (including phenoxy) is 2. The zero-order chi connectivity index (χ0) is 27.8. The first kappa shape index (κ1) is 26.9. The highest BCUT2D eigenvalue weighted by Gasteiger charge is 2.33. The van der Waals surface area contributed by atoms with Gasteiger partial charge in [0.1, 0.15) is 17.4 Å². The number of β-amino-alcohol motifs (C(OH)–C–C–N with tert-alkyl or cyclic N) is 1. The van der Waals surface area contributed by atoms with Gasteiger partial charge in [-0.1, -0.05) is 0 Å². The molecule has 5 rings (SSSR count). The summed E-state index contributed by atoms with van der Waals surface area (Å²) in [4.78, 5) is 34.6. The molecule has 2 fully saturated rings. The molecule has 3 atom stereocenters. The number of carbonyl (C=O) groups excluding carboxylic acids is 2. The molecule has 3 aromatic rings. The topological polar surface area (TPSA) is 137 Å². The van der Waals surface area contributed by atoms with Crippen LogP contribution in [0.1, 0.15) is 42.2 Å². The molecule has 1 aromatic carbocycles. The van der Waals surface area contributed by atoms with E-state index in [1.54, 1.807) is 25.3 Å². The van der Waals surface area contributed by atoms with Gasteiger partial charge < -0.3 is 34.9 Å². The van der Waals surface area contributed by atoms with Crippen molar-refractivity contribution in [3.8, 4) is 22.6 Å². The van der Waals surface area contributed by atoms with E-state index in [9.17, 15) is 24.2 Å². The summed E-state index contributed by atoms with van der Waals surface area (Å²) in [6, 6.07) is 4.10. The first-order valence-corrected chi connectivity index (χ1v) is 13.1. The van der Waals surface area contributed by atoms with Crippen molar-refractivity contribution in [3.05, 3.63) is 41.5 Å². The van der Waals surface area contributed by atoms with Gasteiger partial charge in [0.2, 0.25) is 0 Å². The number of carbonyl (C=O) groups is 2. The van der Waals surface area contributed by atoms with Crippen LogP contribution in [0.4, 0.5) is 4.39 Å². The van der Waals surface area contributed by atoms with E-state index in [2.05, 4.69) is 15.3 Å². The lowest BCUT2D eigenvalue weighted by Crippen LogP contribution is -2.56. The molecule has 0 unspecified atom stereocenters. The predicted molar refractivity (Wildman–Crippen MR) is 141 cm³/mol. The first-order valence-electron chi connectivity index (χ1n) is 13.1. The lowest BCUT2D eigenvalue weighted by atomic mass is 10.00. The number of aryl methyl sites for hydroxylation is 1. The number of likely N-dealkylation sites (tertiary alicyclic amines) is 1. The number of aliphatic hydroxyl groups excluding tert-OH is 2. The number of methoxy groups -OCH3 is 1. The summed E-state index contributed by atoms with van der Waals surface area (Å²) in [5.74, 6) is -0.474. The fourth-order valence-electron chi connectivity index (χ4n) is 5.03. The van der Waals surface area contributed by atoms with Gasteiger partial charge in [0, 0.05) is 42.2 Å². The van der Waals surface area contributed by atoms with Gasteiger partial charge in [-0.2, -0.15) is 0 Å². The van der Waals surface area contributed by atoms with Crippen LogP contribution >= 0.6 is 0 Å². The smallest absolute Gasteiger partial charge is 0.255 e. The molecule has 0 spiro atoms. The van der Waals surface area contributed by atoms with Crippen molar-refractivity contribution in [2.24, 2.45) is 5.92 Å². The van der Waals surface area contributed by atoms with E-state index in [4.69, 9.17) is 9.47 Å². The number of aromatic amines is 1. The highest BCUT2D eigenvalue weighted by molar-refractivity contribution is 6.10. The van der Waals surface area contributed by atoms with Crippen LogP contribution in [0.3, 0.4) is 0 Å².